The van der Waals surface area contributed by atoms with E-state index in [0.29, 0.717) is 23.9 Å². The van der Waals surface area contributed by atoms with E-state index in [9.17, 15) is 19.4 Å². The first-order valence-electron chi connectivity index (χ1n) is 26.5. The summed E-state index contributed by atoms with van der Waals surface area (Å²) >= 11 is 0. The second-order valence-corrected chi connectivity index (χ2v) is 20.6. The Morgan fingerprint density at radius 3 is 1.41 bits per heavy atom. The number of quaternary nitrogens is 1. The SMILES string of the molecule is CC/C=C\C/C=C\C/C=C\C/C=C\CCCCCCCCCCCCCCCCC(=O)NC(COP(=O)([O-])OCC[N+](C)(C)C)C(O)CCCCCCCCCCCCCCCC. The first-order valence-corrected chi connectivity index (χ1v) is 27.9. The minimum absolute atomic E-state index is 0.0118. The minimum Gasteiger partial charge on any atom is -0.756 e. The van der Waals surface area contributed by atoms with E-state index < -0.39 is 20.0 Å². The summed E-state index contributed by atoms with van der Waals surface area (Å²) in [7, 11) is 1.31. The number of amides is 1. The predicted octanol–water partition coefficient (Wildman–Crippen LogP) is 15.0. The number of allylic oxidation sites excluding steroid dienone is 8. The highest BCUT2D eigenvalue weighted by Gasteiger charge is 2.24. The number of carbonyl (C=O) groups is 1. The van der Waals surface area contributed by atoms with Crippen LogP contribution in [0.5, 0.6) is 0 Å². The molecule has 0 saturated carbocycles. The van der Waals surface area contributed by atoms with Crippen LogP contribution in [0.3, 0.4) is 0 Å². The summed E-state index contributed by atoms with van der Waals surface area (Å²) < 4.78 is 23.4. The quantitative estimate of drug-likeness (QED) is 0.0272. The Balaban J connectivity index is 4.14. The second kappa shape index (κ2) is 45.6. The van der Waals surface area contributed by atoms with Gasteiger partial charge in [-0.25, -0.2) is 0 Å². The molecule has 2 N–H and O–H groups in total. The Hall–Kier alpha value is -1.54. The summed E-state index contributed by atoms with van der Waals surface area (Å²) in [4.78, 5) is 25.4. The predicted molar refractivity (Wildman–Crippen MR) is 270 cm³/mol. The fourth-order valence-corrected chi connectivity index (χ4v) is 8.40. The van der Waals surface area contributed by atoms with Crippen molar-refractivity contribution in [2.75, 3.05) is 40.9 Å². The van der Waals surface area contributed by atoms with Crippen LogP contribution in [0.1, 0.15) is 239 Å². The monoisotopic (exact) mass is 907 g/mol. The molecule has 0 aliphatic rings. The Morgan fingerprint density at radius 2 is 0.968 bits per heavy atom. The Bertz CT molecular complexity index is 1170. The number of unbranched alkanes of at least 4 members (excludes halogenated alkanes) is 27. The first kappa shape index (κ1) is 61.5. The van der Waals surface area contributed by atoms with Crippen molar-refractivity contribution in [3.63, 3.8) is 0 Å². The third-order valence-electron chi connectivity index (χ3n) is 11.8. The van der Waals surface area contributed by atoms with E-state index in [1.807, 2.05) is 21.1 Å². The zero-order valence-corrected chi connectivity index (χ0v) is 42.9. The molecule has 0 aromatic carbocycles. The molecule has 370 valence electrons. The Labute approximate surface area is 390 Å². The molecule has 0 bridgehead atoms. The van der Waals surface area contributed by atoms with Crippen molar-refractivity contribution in [2.24, 2.45) is 0 Å². The van der Waals surface area contributed by atoms with Crippen molar-refractivity contribution in [2.45, 2.75) is 251 Å². The molecule has 3 unspecified atom stereocenters. The highest BCUT2D eigenvalue weighted by Crippen LogP contribution is 2.38. The van der Waals surface area contributed by atoms with Gasteiger partial charge in [-0.1, -0.05) is 229 Å². The average molecular weight is 907 g/mol. The molecule has 3 atom stereocenters. The highest BCUT2D eigenvalue weighted by atomic mass is 31.2. The maximum Gasteiger partial charge on any atom is 0.268 e. The van der Waals surface area contributed by atoms with Crippen molar-refractivity contribution in [1.82, 2.24) is 5.32 Å². The molecule has 0 aliphatic heterocycles. The number of carbonyl (C=O) groups excluding carboxylic acids is 1. The number of hydrogen-bond donors (Lipinski definition) is 2. The van der Waals surface area contributed by atoms with Gasteiger partial charge in [0, 0.05) is 6.42 Å². The molecule has 0 spiro atoms. The standard InChI is InChI=1S/C54H103N2O6P/c1-6-8-10-12-14-16-18-20-22-23-24-25-26-27-28-29-30-31-32-33-34-36-38-40-42-44-46-48-54(58)55-52(51-62-63(59,60)61-50-49-56(3,4)5)53(57)47-45-43-41-39-37-35-21-19-17-15-13-11-9-7-2/h8,10,14,16,20,22,24-25,52-53,57H,6-7,9,11-13,15,17-19,21,23,26-51H2,1-5H3,(H-,55,58,59,60)/b10-8-,16-14-,22-20-,25-24-. The van der Waals surface area contributed by atoms with Gasteiger partial charge >= 0.3 is 0 Å². The minimum atomic E-state index is -4.57. The van der Waals surface area contributed by atoms with E-state index in [2.05, 4.69) is 67.8 Å². The molecule has 0 saturated heterocycles. The molecule has 8 nitrogen and oxygen atoms in total. The summed E-state index contributed by atoms with van der Waals surface area (Å²) in [6, 6.07) is -0.801. The van der Waals surface area contributed by atoms with Gasteiger partial charge in [-0.15, -0.1) is 0 Å². The van der Waals surface area contributed by atoms with Crippen LogP contribution in [0.4, 0.5) is 0 Å². The van der Waals surface area contributed by atoms with Gasteiger partial charge in [0.25, 0.3) is 7.82 Å². The zero-order valence-electron chi connectivity index (χ0n) is 42.0. The fraction of sp³-hybridized carbons (Fsp3) is 0.833. The topological polar surface area (TPSA) is 108 Å². The van der Waals surface area contributed by atoms with E-state index in [0.717, 1.165) is 64.2 Å². The van der Waals surface area contributed by atoms with Crippen molar-refractivity contribution < 1.29 is 32.9 Å². The Kier molecular flexibility index (Phi) is 44.5. The van der Waals surface area contributed by atoms with Gasteiger partial charge < -0.3 is 28.8 Å². The number of hydrogen-bond acceptors (Lipinski definition) is 6. The third kappa shape index (κ3) is 48.2. The Morgan fingerprint density at radius 1 is 0.571 bits per heavy atom. The summed E-state index contributed by atoms with van der Waals surface area (Å²) in [5.41, 5.74) is 0. The number of rotatable bonds is 48. The normalized spacial score (nSPS) is 14.5. The number of aliphatic hydroxyl groups is 1. The van der Waals surface area contributed by atoms with E-state index in [1.54, 1.807) is 0 Å². The summed E-state index contributed by atoms with van der Waals surface area (Å²) in [6.45, 7) is 4.62. The van der Waals surface area contributed by atoms with E-state index in [-0.39, 0.29) is 19.1 Å². The van der Waals surface area contributed by atoms with Crippen molar-refractivity contribution in [1.29, 1.82) is 0 Å². The molecule has 63 heavy (non-hydrogen) atoms. The molecule has 0 aromatic heterocycles. The van der Waals surface area contributed by atoms with E-state index >= 15 is 0 Å². The highest BCUT2D eigenvalue weighted by molar-refractivity contribution is 7.45. The van der Waals surface area contributed by atoms with Gasteiger partial charge in [-0.05, 0) is 51.4 Å². The molecule has 0 rings (SSSR count). The molecule has 1 amide bonds. The maximum atomic E-state index is 12.9. The molecule has 0 heterocycles. The maximum absolute atomic E-state index is 12.9. The lowest BCUT2D eigenvalue weighted by molar-refractivity contribution is -0.870. The average Bonchev–Trinajstić information content (AvgIpc) is 3.24. The molecular weight excluding hydrogens is 804 g/mol. The molecule has 0 radical (unpaired) electrons. The number of nitrogens with zero attached hydrogens (tertiary/aromatic N) is 1. The number of aliphatic hydroxyl groups excluding tert-OH is 1. The van der Waals surface area contributed by atoms with Crippen LogP contribution in [0, 0.1) is 0 Å². The lowest BCUT2D eigenvalue weighted by Gasteiger charge is -2.30. The van der Waals surface area contributed by atoms with Crippen LogP contribution in [0.25, 0.3) is 0 Å². The van der Waals surface area contributed by atoms with E-state index in [1.165, 1.54) is 148 Å². The van der Waals surface area contributed by atoms with Gasteiger partial charge in [0.2, 0.25) is 5.91 Å². The molecule has 9 heteroatoms. The van der Waals surface area contributed by atoms with Crippen LogP contribution < -0.4 is 10.2 Å². The molecular formula is C54H103N2O6P. The van der Waals surface area contributed by atoms with E-state index in [4.69, 9.17) is 9.05 Å². The molecule has 0 aromatic rings. The zero-order chi connectivity index (χ0) is 46.4. The number of phosphoric acid groups is 1. The lowest BCUT2D eigenvalue weighted by atomic mass is 10.0. The molecule has 0 fully saturated rings. The summed E-state index contributed by atoms with van der Waals surface area (Å²) in [6.07, 6.45) is 58.4. The second-order valence-electron chi connectivity index (χ2n) is 19.2. The number of nitrogens with one attached hydrogen (secondary N) is 1. The summed E-state index contributed by atoms with van der Waals surface area (Å²) in [5, 5.41) is 14.0. The number of likely N-dealkylation sites (N-methyl/N-ethyl adjacent to an activating group) is 1. The van der Waals surface area contributed by atoms with Gasteiger partial charge in [0.1, 0.15) is 13.2 Å². The van der Waals surface area contributed by atoms with Crippen LogP contribution in [-0.2, 0) is 18.4 Å². The lowest BCUT2D eigenvalue weighted by Crippen LogP contribution is -2.46. The largest absolute Gasteiger partial charge is 0.756 e. The van der Waals surface area contributed by atoms with Crippen molar-refractivity contribution in [3.05, 3.63) is 48.6 Å². The van der Waals surface area contributed by atoms with Gasteiger partial charge in [-0.2, -0.15) is 0 Å². The van der Waals surface area contributed by atoms with Crippen LogP contribution >= 0.6 is 7.82 Å². The molecule has 0 aliphatic carbocycles. The van der Waals surface area contributed by atoms with Crippen LogP contribution in [-0.4, -0.2) is 68.5 Å². The summed E-state index contributed by atoms with van der Waals surface area (Å²) in [5.74, 6) is -0.166. The van der Waals surface area contributed by atoms with Gasteiger partial charge in [0.15, 0.2) is 0 Å². The van der Waals surface area contributed by atoms with Gasteiger partial charge in [0.05, 0.1) is 39.9 Å². The first-order chi connectivity index (χ1) is 30.5. The fourth-order valence-electron chi connectivity index (χ4n) is 7.68. The van der Waals surface area contributed by atoms with Gasteiger partial charge in [-0.3, -0.25) is 9.36 Å². The smallest absolute Gasteiger partial charge is 0.268 e. The third-order valence-corrected chi connectivity index (χ3v) is 12.8. The van der Waals surface area contributed by atoms with Crippen molar-refractivity contribution >= 4 is 13.7 Å². The van der Waals surface area contributed by atoms with Crippen LogP contribution in [0.2, 0.25) is 0 Å². The van der Waals surface area contributed by atoms with Crippen LogP contribution in [0.15, 0.2) is 48.6 Å². The van der Waals surface area contributed by atoms with Crippen molar-refractivity contribution in [3.8, 4) is 0 Å². The number of phosphoric ester groups is 1.